The minimum absolute atomic E-state index is 0.114. The number of benzene rings is 1. The normalized spacial score (nSPS) is 17.6. The molecule has 0 radical (unpaired) electrons. The van der Waals surface area contributed by atoms with Gasteiger partial charge in [0.1, 0.15) is 0 Å². The van der Waals surface area contributed by atoms with Crippen molar-refractivity contribution in [2.45, 2.75) is 44.1 Å². The molecule has 1 N–H and O–H groups in total. The molecule has 1 aliphatic carbocycles. The van der Waals surface area contributed by atoms with Crippen LogP contribution in [0.1, 0.15) is 47.8 Å². The van der Waals surface area contributed by atoms with Crippen molar-refractivity contribution in [1.29, 1.82) is 0 Å². The van der Waals surface area contributed by atoms with Crippen LogP contribution in [0.25, 0.3) is 0 Å². The molecule has 128 valence electrons. The fraction of sp³-hybridized carbons (Fsp3) is 0.450. The highest BCUT2D eigenvalue weighted by molar-refractivity contribution is 7.10. The zero-order chi connectivity index (χ0) is 17.0. The van der Waals surface area contributed by atoms with Crippen LogP contribution in [0, 0.1) is 6.92 Å². The lowest BCUT2D eigenvalue weighted by atomic mass is 9.83. The van der Waals surface area contributed by atoms with E-state index in [-0.39, 0.29) is 17.4 Å². The summed E-state index contributed by atoms with van der Waals surface area (Å²) in [5.74, 6) is 0.151. The SMILES string of the molecule is COC(CNC(=O)C1(c2cccs2)CCCC1)c1ccccc1C. The van der Waals surface area contributed by atoms with Gasteiger partial charge < -0.3 is 10.1 Å². The van der Waals surface area contributed by atoms with Gasteiger partial charge in [0.25, 0.3) is 0 Å². The zero-order valence-corrected chi connectivity index (χ0v) is 15.2. The summed E-state index contributed by atoms with van der Waals surface area (Å²) in [6.07, 6.45) is 4.02. The van der Waals surface area contributed by atoms with E-state index in [1.165, 1.54) is 10.4 Å². The van der Waals surface area contributed by atoms with Crippen LogP contribution in [-0.4, -0.2) is 19.6 Å². The maximum absolute atomic E-state index is 13.0. The first kappa shape index (κ1) is 17.2. The van der Waals surface area contributed by atoms with Gasteiger partial charge in [-0.05, 0) is 42.3 Å². The summed E-state index contributed by atoms with van der Waals surface area (Å²) in [6, 6.07) is 12.3. The molecular formula is C20H25NO2S. The molecule has 1 saturated carbocycles. The molecule has 0 spiro atoms. The first-order valence-corrected chi connectivity index (χ1v) is 9.46. The quantitative estimate of drug-likeness (QED) is 0.846. The maximum atomic E-state index is 13.0. The van der Waals surface area contributed by atoms with Gasteiger partial charge in [-0.15, -0.1) is 11.3 Å². The number of hydrogen-bond donors (Lipinski definition) is 1. The third-order valence-corrected chi connectivity index (χ3v) is 6.23. The van der Waals surface area contributed by atoms with Crippen LogP contribution < -0.4 is 5.32 Å². The molecule has 1 heterocycles. The number of rotatable bonds is 6. The smallest absolute Gasteiger partial charge is 0.231 e. The average Bonchev–Trinajstić information content (AvgIpc) is 3.28. The van der Waals surface area contributed by atoms with Crippen molar-refractivity contribution in [2.24, 2.45) is 0 Å². The number of carbonyl (C=O) groups excluding carboxylic acids is 1. The monoisotopic (exact) mass is 343 g/mol. The summed E-state index contributed by atoms with van der Waals surface area (Å²) < 4.78 is 5.64. The number of hydrogen-bond acceptors (Lipinski definition) is 3. The molecule has 1 aromatic carbocycles. The number of aryl methyl sites for hydroxylation is 1. The minimum Gasteiger partial charge on any atom is -0.375 e. The Balaban J connectivity index is 1.73. The first-order chi connectivity index (χ1) is 11.7. The van der Waals surface area contributed by atoms with E-state index in [4.69, 9.17) is 4.74 Å². The highest BCUT2D eigenvalue weighted by atomic mass is 32.1. The van der Waals surface area contributed by atoms with E-state index in [9.17, 15) is 4.79 Å². The Bertz CT molecular complexity index is 675. The molecule has 0 saturated heterocycles. The van der Waals surface area contributed by atoms with Crippen LogP contribution in [0.5, 0.6) is 0 Å². The van der Waals surface area contributed by atoms with Gasteiger partial charge in [0.05, 0.1) is 11.5 Å². The van der Waals surface area contributed by atoms with Crippen molar-refractivity contribution < 1.29 is 9.53 Å². The molecule has 0 bridgehead atoms. The van der Waals surface area contributed by atoms with Crippen LogP contribution >= 0.6 is 11.3 Å². The number of methoxy groups -OCH3 is 1. The second-order valence-corrected chi connectivity index (χ2v) is 7.51. The molecular weight excluding hydrogens is 318 g/mol. The number of nitrogens with one attached hydrogen (secondary N) is 1. The van der Waals surface area contributed by atoms with Gasteiger partial charge in [-0.1, -0.05) is 43.2 Å². The summed E-state index contributed by atoms with van der Waals surface area (Å²) in [5.41, 5.74) is 1.99. The lowest BCUT2D eigenvalue weighted by molar-refractivity contribution is -0.127. The number of amides is 1. The third-order valence-electron chi connectivity index (χ3n) is 5.15. The Labute approximate surface area is 148 Å². The molecule has 24 heavy (non-hydrogen) atoms. The Morgan fingerprint density at radius 2 is 2.00 bits per heavy atom. The first-order valence-electron chi connectivity index (χ1n) is 8.58. The maximum Gasteiger partial charge on any atom is 0.231 e. The highest BCUT2D eigenvalue weighted by Gasteiger charge is 2.43. The van der Waals surface area contributed by atoms with Crippen LogP contribution in [0.4, 0.5) is 0 Å². The molecule has 1 aliphatic rings. The highest BCUT2D eigenvalue weighted by Crippen LogP contribution is 2.43. The van der Waals surface area contributed by atoms with Crippen LogP contribution in [-0.2, 0) is 14.9 Å². The number of thiophene rings is 1. The molecule has 4 heteroatoms. The van der Waals surface area contributed by atoms with E-state index in [1.54, 1.807) is 18.4 Å². The largest absolute Gasteiger partial charge is 0.375 e. The standard InChI is InChI=1S/C20H25NO2S/c1-15-8-3-4-9-16(15)17(23-2)14-21-19(22)20(11-5-6-12-20)18-10-7-13-24-18/h3-4,7-10,13,17H,5-6,11-12,14H2,1-2H3,(H,21,22). The van der Waals surface area contributed by atoms with Gasteiger partial charge in [0.15, 0.2) is 0 Å². The average molecular weight is 343 g/mol. The van der Waals surface area contributed by atoms with Gasteiger partial charge in [-0.25, -0.2) is 0 Å². The fourth-order valence-corrected chi connectivity index (χ4v) is 4.72. The van der Waals surface area contributed by atoms with E-state index in [0.717, 1.165) is 31.2 Å². The van der Waals surface area contributed by atoms with Crippen molar-refractivity contribution in [3.8, 4) is 0 Å². The van der Waals surface area contributed by atoms with Gasteiger partial charge in [0, 0.05) is 18.5 Å². The molecule has 2 aromatic rings. The number of ether oxygens (including phenoxy) is 1. The van der Waals surface area contributed by atoms with Gasteiger partial charge in [0.2, 0.25) is 5.91 Å². The Morgan fingerprint density at radius 1 is 1.25 bits per heavy atom. The van der Waals surface area contributed by atoms with Gasteiger partial charge >= 0.3 is 0 Å². The molecule has 0 aliphatic heterocycles. The predicted molar refractivity (Wildman–Crippen MR) is 98.4 cm³/mol. The van der Waals surface area contributed by atoms with E-state index < -0.39 is 0 Å². The molecule has 3 rings (SSSR count). The van der Waals surface area contributed by atoms with E-state index >= 15 is 0 Å². The van der Waals surface area contributed by atoms with Crippen LogP contribution in [0.2, 0.25) is 0 Å². The lowest BCUT2D eigenvalue weighted by Gasteiger charge is -2.28. The second kappa shape index (κ2) is 7.49. The zero-order valence-electron chi connectivity index (χ0n) is 14.4. The summed E-state index contributed by atoms with van der Waals surface area (Å²) in [5, 5.41) is 5.24. The fourth-order valence-electron chi connectivity index (χ4n) is 3.74. The van der Waals surface area contributed by atoms with Crippen molar-refractivity contribution in [3.63, 3.8) is 0 Å². The molecule has 3 nitrogen and oxygen atoms in total. The third kappa shape index (κ3) is 3.26. The second-order valence-electron chi connectivity index (χ2n) is 6.56. The molecule has 1 amide bonds. The molecule has 1 aromatic heterocycles. The summed E-state index contributed by atoms with van der Waals surface area (Å²) in [7, 11) is 1.70. The molecule has 1 atom stereocenters. The molecule has 1 fully saturated rings. The van der Waals surface area contributed by atoms with Gasteiger partial charge in [-0.2, -0.15) is 0 Å². The lowest BCUT2D eigenvalue weighted by Crippen LogP contribution is -2.43. The Morgan fingerprint density at radius 3 is 2.62 bits per heavy atom. The van der Waals surface area contributed by atoms with Crippen molar-refractivity contribution in [3.05, 3.63) is 57.8 Å². The van der Waals surface area contributed by atoms with Crippen molar-refractivity contribution >= 4 is 17.2 Å². The Hall–Kier alpha value is -1.65. The summed E-state index contributed by atoms with van der Waals surface area (Å²) >= 11 is 1.69. The van der Waals surface area contributed by atoms with Crippen molar-refractivity contribution in [2.75, 3.05) is 13.7 Å². The Kier molecular flexibility index (Phi) is 5.36. The van der Waals surface area contributed by atoms with E-state index in [1.807, 2.05) is 18.2 Å². The molecule has 1 unspecified atom stereocenters. The minimum atomic E-state index is -0.335. The van der Waals surface area contributed by atoms with Crippen LogP contribution in [0.3, 0.4) is 0 Å². The van der Waals surface area contributed by atoms with Gasteiger partial charge in [-0.3, -0.25) is 4.79 Å². The summed E-state index contributed by atoms with van der Waals surface area (Å²) in [6.45, 7) is 2.58. The van der Waals surface area contributed by atoms with E-state index in [2.05, 4.69) is 35.8 Å². The van der Waals surface area contributed by atoms with Crippen molar-refractivity contribution in [1.82, 2.24) is 5.32 Å². The van der Waals surface area contributed by atoms with Crippen LogP contribution in [0.15, 0.2) is 41.8 Å². The number of carbonyl (C=O) groups is 1. The van der Waals surface area contributed by atoms with E-state index in [0.29, 0.717) is 6.54 Å². The summed E-state index contributed by atoms with van der Waals surface area (Å²) in [4.78, 5) is 14.2. The topological polar surface area (TPSA) is 38.3 Å². The predicted octanol–water partition coefficient (Wildman–Crippen LogP) is 4.37.